The predicted octanol–water partition coefficient (Wildman–Crippen LogP) is 11.7. The van der Waals surface area contributed by atoms with Gasteiger partial charge < -0.3 is 18.8 Å². The highest BCUT2D eigenvalue weighted by Crippen LogP contribution is 2.54. The molecule has 0 aliphatic carbocycles. The molecule has 0 bridgehead atoms. The number of fused-ring (bicyclic) bond motifs is 12. The predicted molar refractivity (Wildman–Crippen MR) is 265 cm³/mol. The Morgan fingerprint density at radius 3 is 1.23 bits per heavy atom. The van der Waals surface area contributed by atoms with Crippen LogP contribution in [0.1, 0.15) is 52.7 Å². The normalized spacial score (nSPS) is 14.5. The Morgan fingerprint density at radius 2 is 0.790 bits per heavy atom. The van der Waals surface area contributed by atoms with Crippen molar-refractivity contribution in [1.29, 1.82) is 0 Å². The summed E-state index contributed by atoms with van der Waals surface area (Å²) in [6.45, 7) is 14.0. The number of hydrogen-bond acceptors (Lipinski definition) is 2. The van der Waals surface area contributed by atoms with Crippen molar-refractivity contribution in [3.8, 4) is 11.1 Å². The van der Waals surface area contributed by atoms with Crippen molar-refractivity contribution in [1.82, 2.24) is 8.96 Å². The van der Waals surface area contributed by atoms with Gasteiger partial charge in [0.05, 0.1) is 0 Å². The topological polar surface area (TPSA) is 16.3 Å². The van der Waals surface area contributed by atoms with E-state index in [2.05, 4.69) is 218 Å². The van der Waals surface area contributed by atoms with Crippen LogP contribution in [0.5, 0.6) is 0 Å². The maximum absolute atomic E-state index is 2.74. The highest BCUT2D eigenvalue weighted by atomic mass is 15.2. The molecular formula is C56H44B2N4. The second-order valence-corrected chi connectivity index (χ2v) is 20.1. The van der Waals surface area contributed by atoms with Crippen molar-refractivity contribution < 1.29 is 0 Å². The van der Waals surface area contributed by atoms with E-state index in [1.54, 1.807) is 0 Å². The lowest BCUT2D eigenvalue weighted by molar-refractivity contribution is 0.590. The number of rotatable bonds is 2. The highest BCUT2D eigenvalue weighted by Gasteiger charge is 2.51. The SMILES string of the molecule is CC(C)(C)c1ccc2c(c1)N(c1ccccc1)c1cc3c4c5c1B2n1c2ccccc2c2cc6c7ccccc7n(c6c-5c21)B4c1ccc(C(C)(C)C)cc1N3c1ccccc1. The van der Waals surface area contributed by atoms with Crippen LogP contribution in [0.25, 0.3) is 54.7 Å². The summed E-state index contributed by atoms with van der Waals surface area (Å²) in [5.74, 6) is 0. The molecule has 62 heavy (non-hydrogen) atoms. The molecule has 4 aliphatic rings. The molecule has 0 spiro atoms. The first-order valence-corrected chi connectivity index (χ1v) is 22.3. The van der Waals surface area contributed by atoms with Crippen LogP contribution >= 0.6 is 0 Å². The van der Waals surface area contributed by atoms with Crippen LogP contribution in [0.3, 0.4) is 0 Å². The van der Waals surface area contributed by atoms with E-state index in [0.717, 1.165) is 0 Å². The van der Waals surface area contributed by atoms with E-state index in [1.807, 2.05) is 0 Å². The lowest BCUT2D eigenvalue weighted by Gasteiger charge is -2.47. The molecule has 0 saturated heterocycles. The average molecular weight is 795 g/mol. The Morgan fingerprint density at radius 1 is 0.371 bits per heavy atom. The van der Waals surface area contributed by atoms with Gasteiger partial charge in [0.15, 0.2) is 0 Å². The van der Waals surface area contributed by atoms with Crippen LogP contribution in [0.4, 0.5) is 34.1 Å². The van der Waals surface area contributed by atoms with Crippen molar-refractivity contribution in [2.24, 2.45) is 0 Å². The summed E-state index contributed by atoms with van der Waals surface area (Å²) in [6, 6.07) is 60.4. The quantitative estimate of drug-likeness (QED) is 0.162. The monoisotopic (exact) mass is 794 g/mol. The first kappa shape index (κ1) is 34.8. The molecule has 6 heteroatoms. The van der Waals surface area contributed by atoms with E-state index >= 15 is 0 Å². The van der Waals surface area contributed by atoms with Crippen molar-refractivity contribution in [2.45, 2.75) is 52.4 Å². The lowest BCUT2D eigenvalue weighted by atomic mass is 9.39. The minimum absolute atomic E-state index is 0.0308. The van der Waals surface area contributed by atoms with Crippen LogP contribution in [0.15, 0.2) is 158 Å². The molecule has 294 valence electrons. The molecule has 0 N–H and O–H groups in total. The van der Waals surface area contributed by atoms with Crippen LogP contribution in [0, 0.1) is 0 Å². The zero-order valence-electron chi connectivity index (χ0n) is 36.0. The molecule has 0 atom stereocenters. The molecule has 0 amide bonds. The van der Waals surface area contributed by atoms with Gasteiger partial charge in [-0.15, -0.1) is 0 Å². The summed E-state index contributed by atoms with van der Waals surface area (Å²) < 4.78 is 5.47. The largest absolute Gasteiger partial charge is 0.375 e. The molecule has 0 radical (unpaired) electrons. The van der Waals surface area contributed by atoms with Gasteiger partial charge in [-0.2, -0.15) is 0 Å². The molecule has 0 unspecified atom stereocenters. The zero-order valence-corrected chi connectivity index (χ0v) is 36.0. The van der Waals surface area contributed by atoms with Gasteiger partial charge in [-0.1, -0.05) is 139 Å². The standard InChI is InChI=1S/C56H44B2N4/c1-55(2,3)33-25-27-41-45(29-33)59(35-17-9-7-10-18-35)47-32-48-52-49-50-53-39(37-21-13-15-23-43(37)61(53)57(41)51(47)49)31-40-38-22-14-16-24-44(38)62(54(40)50)58(52)42-28-26-34(56(4,5)6)30-46(42)60(48)36-19-11-8-12-20-36/h7-32H,1-6H3. The number of nitrogens with zero attached hydrogens (tertiary/aromatic N) is 4. The molecule has 4 nitrogen and oxygen atoms in total. The maximum Gasteiger partial charge on any atom is 0.333 e. The summed E-state index contributed by atoms with van der Waals surface area (Å²) in [7, 11) is 0. The number of aromatic nitrogens is 2. The van der Waals surface area contributed by atoms with E-state index in [9.17, 15) is 0 Å². The van der Waals surface area contributed by atoms with Crippen molar-refractivity contribution >= 4 is 113 Å². The van der Waals surface area contributed by atoms with E-state index in [-0.39, 0.29) is 24.5 Å². The van der Waals surface area contributed by atoms with Gasteiger partial charge in [0.2, 0.25) is 0 Å². The maximum atomic E-state index is 2.74. The molecule has 6 heterocycles. The van der Waals surface area contributed by atoms with Gasteiger partial charge in [-0.05, 0) is 110 Å². The van der Waals surface area contributed by atoms with Gasteiger partial charge in [-0.25, -0.2) is 0 Å². The van der Waals surface area contributed by atoms with Crippen LogP contribution in [0.2, 0.25) is 0 Å². The van der Waals surface area contributed by atoms with Gasteiger partial charge in [-0.3, -0.25) is 0 Å². The molecule has 2 aromatic heterocycles. The third-order valence-electron chi connectivity index (χ3n) is 14.7. The van der Waals surface area contributed by atoms with Gasteiger partial charge >= 0.3 is 13.7 Å². The molecular weight excluding hydrogens is 750 g/mol. The average Bonchev–Trinajstić information content (AvgIpc) is 3.80. The number of hydrogen-bond donors (Lipinski definition) is 0. The number of para-hydroxylation sites is 4. The van der Waals surface area contributed by atoms with Crippen LogP contribution in [-0.4, -0.2) is 22.7 Å². The van der Waals surface area contributed by atoms with Crippen LogP contribution < -0.4 is 31.7 Å². The smallest absolute Gasteiger partial charge is 0.333 e. The zero-order chi connectivity index (χ0) is 41.6. The molecule has 10 aromatic rings. The van der Waals surface area contributed by atoms with Gasteiger partial charge in [0, 0.05) is 83.3 Å². The summed E-state index contributed by atoms with van der Waals surface area (Å²) in [5.41, 5.74) is 23.5. The Hall–Kier alpha value is -6.91. The third kappa shape index (κ3) is 4.20. The number of benzene rings is 8. The fraction of sp³-hybridized carbons (Fsp3) is 0.143. The highest BCUT2D eigenvalue weighted by molar-refractivity contribution is 6.95. The van der Waals surface area contributed by atoms with E-state index in [0.29, 0.717) is 0 Å². The molecule has 14 rings (SSSR count). The minimum atomic E-state index is -0.0342. The fourth-order valence-corrected chi connectivity index (χ4v) is 12.0. The van der Waals surface area contributed by atoms with Gasteiger partial charge in [0.25, 0.3) is 0 Å². The second-order valence-electron chi connectivity index (χ2n) is 20.1. The van der Waals surface area contributed by atoms with E-state index in [1.165, 1.54) is 122 Å². The van der Waals surface area contributed by atoms with Crippen molar-refractivity contribution in [3.05, 3.63) is 169 Å². The van der Waals surface area contributed by atoms with Gasteiger partial charge in [0.1, 0.15) is 0 Å². The Balaban J connectivity index is 1.25. The lowest BCUT2D eigenvalue weighted by Crippen LogP contribution is -2.63. The molecule has 0 fully saturated rings. The second kappa shape index (κ2) is 11.5. The summed E-state index contributed by atoms with van der Waals surface area (Å²) >= 11 is 0. The molecule has 4 aliphatic heterocycles. The minimum Gasteiger partial charge on any atom is -0.375 e. The summed E-state index contributed by atoms with van der Waals surface area (Å²) in [5, 5.41) is 5.29. The first-order chi connectivity index (χ1) is 30.1. The Bertz CT molecular complexity index is 3390. The van der Waals surface area contributed by atoms with Crippen LogP contribution in [-0.2, 0) is 10.8 Å². The first-order valence-electron chi connectivity index (χ1n) is 22.3. The van der Waals surface area contributed by atoms with Crippen molar-refractivity contribution in [2.75, 3.05) is 9.80 Å². The molecule has 0 saturated carbocycles. The van der Waals surface area contributed by atoms with Crippen molar-refractivity contribution in [3.63, 3.8) is 0 Å². The van der Waals surface area contributed by atoms with E-state index in [4.69, 9.17) is 0 Å². The summed E-state index contributed by atoms with van der Waals surface area (Å²) in [6.07, 6.45) is 0. The Labute approximate surface area is 362 Å². The Kier molecular flexibility index (Phi) is 6.45. The number of anilines is 6. The fourth-order valence-electron chi connectivity index (χ4n) is 12.0. The summed E-state index contributed by atoms with van der Waals surface area (Å²) in [4.78, 5) is 5.20. The van der Waals surface area contributed by atoms with E-state index < -0.39 is 0 Å². The third-order valence-corrected chi connectivity index (χ3v) is 14.7. The molecule has 8 aromatic carbocycles.